The maximum atomic E-state index is 11.2. The number of nitrogens with zero attached hydrogens (tertiary/aromatic N) is 1. The number of methoxy groups -OCH3 is 1. The zero-order valence-corrected chi connectivity index (χ0v) is 23.7. The summed E-state index contributed by atoms with van der Waals surface area (Å²) >= 11 is 0. The van der Waals surface area contributed by atoms with Gasteiger partial charge in [0.25, 0.3) is 0 Å². The van der Waals surface area contributed by atoms with E-state index in [0.717, 1.165) is 48.7 Å². The van der Waals surface area contributed by atoms with Gasteiger partial charge in [0.05, 0.1) is 31.0 Å². The van der Waals surface area contributed by atoms with Crippen LogP contribution in [0.25, 0.3) is 0 Å². The molecule has 9 heteroatoms. The molecule has 9 nitrogen and oxygen atoms in total. The summed E-state index contributed by atoms with van der Waals surface area (Å²) in [5, 5.41) is 17.0. The molecule has 41 heavy (non-hydrogen) atoms. The van der Waals surface area contributed by atoms with Crippen LogP contribution in [0.3, 0.4) is 0 Å². The molecule has 0 spiro atoms. The number of nitrogens with one attached hydrogen (secondary N) is 2. The molecule has 1 fully saturated rings. The molecule has 0 unspecified atom stereocenters. The molecule has 3 N–H and O–H groups in total. The lowest BCUT2D eigenvalue weighted by Crippen LogP contribution is -2.49. The molecule has 0 aromatic heterocycles. The van der Waals surface area contributed by atoms with Crippen molar-refractivity contribution in [1.29, 1.82) is 0 Å². The summed E-state index contributed by atoms with van der Waals surface area (Å²) in [6, 6.07) is 21.2. The standard InChI is InChI=1S/C32H39N3O6/c1-22(36)34-25-7-11-27(12-8-25)41-26-9-5-24(6-10-26)32-29(37)19-33-20-31(32)40-21-23-4-13-30-28(18-23)35(15-17-39-30)14-3-16-38-2/h4-13,18,29,31-33,37H,3,14-17,19-21H2,1-2H3,(H,34,36)/t29-,31+,32+/m1/s1. The number of hydrogen-bond acceptors (Lipinski definition) is 8. The minimum Gasteiger partial charge on any atom is -0.490 e. The Morgan fingerprint density at radius 2 is 1.83 bits per heavy atom. The Labute approximate surface area is 241 Å². The third-order valence-corrected chi connectivity index (χ3v) is 7.41. The molecule has 2 heterocycles. The molecule has 0 saturated carbocycles. The fourth-order valence-electron chi connectivity index (χ4n) is 5.42. The van der Waals surface area contributed by atoms with Gasteiger partial charge in [0.1, 0.15) is 23.9 Å². The van der Waals surface area contributed by atoms with Crippen LogP contribution >= 0.6 is 0 Å². The number of fused-ring (bicyclic) bond motifs is 1. The topological polar surface area (TPSA) is 102 Å². The quantitative estimate of drug-likeness (QED) is 0.298. The first kappa shape index (κ1) is 28.9. The lowest BCUT2D eigenvalue weighted by Gasteiger charge is -2.36. The Hall–Kier alpha value is -3.63. The Morgan fingerprint density at radius 1 is 1.07 bits per heavy atom. The minimum absolute atomic E-state index is 0.116. The summed E-state index contributed by atoms with van der Waals surface area (Å²) < 4.78 is 23.5. The number of rotatable bonds is 11. The highest BCUT2D eigenvalue weighted by molar-refractivity contribution is 5.88. The Balaban J connectivity index is 1.23. The maximum Gasteiger partial charge on any atom is 0.221 e. The van der Waals surface area contributed by atoms with Crippen molar-refractivity contribution in [2.45, 2.75) is 38.1 Å². The van der Waals surface area contributed by atoms with Crippen LogP contribution in [0.15, 0.2) is 66.7 Å². The summed E-state index contributed by atoms with van der Waals surface area (Å²) in [7, 11) is 1.73. The fraction of sp³-hybridized carbons (Fsp3) is 0.406. The highest BCUT2D eigenvalue weighted by Gasteiger charge is 2.34. The summed E-state index contributed by atoms with van der Waals surface area (Å²) in [6.07, 6.45) is 0.186. The van der Waals surface area contributed by atoms with Gasteiger partial charge in [-0.05, 0) is 66.1 Å². The van der Waals surface area contributed by atoms with Crippen LogP contribution in [0.5, 0.6) is 17.2 Å². The van der Waals surface area contributed by atoms with E-state index in [1.165, 1.54) is 6.92 Å². The van der Waals surface area contributed by atoms with Crippen LogP contribution in [-0.2, 0) is 20.9 Å². The molecule has 1 saturated heterocycles. The third-order valence-electron chi connectivity index (χ3n) is 7.41. The van der Waals surface area contributed by atoms with E-state index in [1.54, 1.807) is 19.2 Å². The number of benzene rings is 3. The van der Waals surface area contributed by atoms with Gasteiger partial charge in [-0.15, -0.1) is 0 Å². The van der Waals surface area contributed by atoms with Gasteiger partial charge >= 0.3 is 0 Å². The zero-order valence-electron chi connectivity index (χ0n) is 23.7. The molecular weight excluding hydrogens is 522 g/mol. The van der Waals surface area contributed by atoms with E-state index in [2.05, 4.69) is 21.6 Å². The van der Waals surface area contributed by atoms with Crippen LogP contribution in [0.1, 0.15) is 30.4 Å². The van der Waals surface area contributed by atoms with Gasteiger partial charge < -0.3 is 39.6 Å². The highest BCUT2D eigenvalue weighted by Crippen LogP contribution is 2.34. The van der Waals surface area contributed by atoms with E-state index in [1.807, 2.05) is 48.5 Å². The largest absolute Gasteiger partial charge is 0.490 e. The molecule has 2 aliphatic heterocycles. The van der Waals surface area contributed by atoms with Crippen molar-refractivity contribution < 1.29 is 28.8 Å². The average molecular weight is 562 g/mol. The number of carbonyl (C=O) groups is 1. The maximum absolute atomic E-state index is 11.2. The number of ether oxygens (including phenoxy) is 4. The van der Waals surface area contributed by atoms with Gasteiger partial charge in [0.2, 0.25) is 5.91 Å². The average Bonchev–Trinajstić information content (AvgIpc) is 2.98. The molecule has 3 atom stereocenters. The predicted molar refractivity (Wildman–Crippen MR) is 158 cm³/mol. The summed E-state index contributed by atoms with van der Waals surface area (Å²) in [5.41, 5.74) is 3.87. The second-order valence-electron chi connectivity index (χ2n) is 10.5. The van der Waals surface area contributed by atoms with Gasteiger partial charge in [-0.3, -0.25) is 4.79 Å². The third kappa shape index (κ3) is 7.56. The summed E-state index contributed by atoms with van der Waals surface area (Å²) in [4.78, 5) is 13.6. The van der Waals surface area contributed by atoms with Crippen molar-refractivity contribution in [2.75, 3.05) is 56.7 Å². The second kappa shape index (κ2) is 13.8. The molecule has 0 bridgehead atoms. The number of hydrogen-bond donors (Lipinski definition) is 3. The van der Waals surface area contributed by atoms with E-state index < -0.39 is 6.10 Å². The number of aliphatic hydroxyl groups is 1. The molecule has 218 valence electrons. The van der Waals surface area contributed by atoms with Gasteiger partial charge in [-0.2, -0.15) is 0 Å². The number of aliphatic hydroxyl groups excluding tert-OH is 1. The molecule has 3 aromatic carbocycles. The molecule has 2 aliphatic rings. The molecule has 5 rings (SSSR count). The van der Waals surface area contributed by atoms with Crippen molar-refractivity contribution in [3.05, 3.63) is 77.9 Å². The van der Waals surface area contributed by atoms with Crippen LogP contribution in [0, 0.1) is 0 Å². The number of β-amino-alcohol motifs (C(OH)–C–C–N with tert-alkyl or cyclic N) is 1. The monoisotopic (exact) mass is 561 g/mol. The Morgan fingerprint density at radius 3 is 2.56 bits per heavy atom. The summed E-state index contributed by atoms with van der Waals surface area (Å²) in [6.45, 7) is 6.25. The normalized spacial score (nSPS) is 20.2. The van der Waals surface area contributed by atoms with Crippen molar-refractivity contribution in [3.8, 4) is 17.2 Å². The molecular formula is C32H39N3O6. The number of carbonyl (C=O) groups excluding carboxylic acids is 1. The zero-order chi connectivity index (χ0) is 28.6. The van der Waals surface area contributed by atoms with Crippen LogP contribution in [0.2, 0.25) is 0 Å². The van der Waals surface area contributed by atoms with Gasteiger partial charge in [0.15, 0.2) is 0 Å². The second-order valence-corrected chi connectivity index (χ2v) is 10.5. The van der Waals surface area contributed by atoms with E-state index in [0.29, 0.717) is 43.5 Å². The number of piperidine rings is 1. The van der Waals surface area contributed by atoms with Crippen molar-refractivity contribution in [2.24, 2.45) is 0 Å². The molecule has 3 aromatic rings. The molecule has 1 amide bonds. The van der Waals surface area contributed by atoms with Crippen molar-refractivity contribution in [1.82, 2.24) is 5.32 Å². The first-order valence-corrected chi connectivity index (χ1v) is 14.2. The smallest absolute Gasteiger partial charge is 0.221 e. The molecule has 0 radical (unpaired) electrons. The fourth-order valence-corrected chi connectivity index (χ4v) is 5.42. The lowest BCUT2D eigenvalue weighted by molar-refractivity contribution is -0.114. The van der Waals surface area contributed by atoms with Gasteiger partial charge in [-0.25, -0.2) is 0 Å². The van der Waals surface area contributed by atoms with Crippen LogP contribution < -0.4 is 25.0 Å². The first-order valence-electron chi connectivity index (χ1n) is 14.2. The SMILES string of the molecule is COCCCN1CCOc2ccc(CO[C@H]3CNC[C@@H](O)[C@@H]3c3ccc(Oc4ccc(NC(C)=O)cc4)cc3)cc21. The van der Waals surface area contributed by atoms with Crippen LogP contribution in [0.4, 0.5) is 11.4 Å². The van der Waals surface area contributed by atoms with Crippen LogP contribution in [-0.4, -0.2) is 69.7 Å². The van der Waals surface area contributed by atoms with Gasteiger partial charge in [-0.1, -0.05) is 18.2 Å². The van der Waals surface area contributed by atoms with E-state index in [4.69, 9.17) is 18.9 Å². The van der Waals surface area contributed by atoms with E-state index >= 15 is 0 Å². The van der Waals surface area contributed by atoms with Gasteiger partial charge in [0, 0.05) is 51.9 Å². The summed E-state index contributed by atoms with van der Waals surface area (Å²) in [5.74, 6) is 1.97. The number of anilines is 2. The van der Waals surface area contributed by atoms with Crippen molar-refractivity contribution >= 4 is 17.3 Å². The Bertz CT molecular complexity index is 1280. The minimum atomic E-state index is -0.574. The van der Waals surface area contributed by atoms with Crippen molar-refractivity contribution in [3.63, 3.8) is 0 Å². The lowest BCUT2D eigenvalue weighted by atomic mass is 9.85. The van der Waals surface area contributed by atoms with E-state index in [9.17, 15) is 9.90 Å². The first-order chi connectivity index (χ1) is 20.0. The predicted octanol–water partition coefficient (Wildman–Crippen LogP) is 4.31. The highest BCUT2D eigenvalue weighted by atomic mass is 16.5. The Kier molecular flexibility index (Phi) is 9.74. The molecule has 0 aliphatic carbocycles. The number of amides is 1. The van der Waals surface area contributed by atoms with E-state index in [-0.39, 0.29) is 17.9 Å².